The molecule has 1 amide bonds. The minimum Gasteiger partial charge on any atom is -0.461 e. The van der Waals surface area contributed by atoms with E-state index in [0.717, 1.165) is 16.6 Å². The molecule has 154 valence electrons. The lowest BCUT2D eigenvalue weighted by atomic mass is 10.1. The SMILES string of the molecule is CCS(=O)(=O)c1ccc(NC(=O)c2sc3nc(-c4ccco4)nc(C)c3c2C)cc1. The summed E-state index contributed by atoms with van der Waals surface area (Å²) in [5.74, 6) is 0.797. The van der Waals surface area contributed by atoms with Gasteiger partial charge in [0.25, 0.3) is 5.91 Å². The predicted molar refractivity (Wildman–Crippen MR) is 117 cm³/mol. The number of rotatable bonds is 5. The van der Waals surface area contributed by atoms with Crippen molar-refractivity contribution in [3.8, 4) is 11.6 Å². The van der Waals surface area contributed by atoms with E-state index in [9.17, 15) is 13.2 Å². The average molecular weight is 442 g/mol. The monoisotopic (exact) mass is 441 g/mol. The number of nitrogens with one attached hydrogen (secondary N) is 1. The highest BCUT2D eigenvalue weighted by Gasteiger charge is 2.20. The number of furan rings is 1. The number of carbonyl (C=O) groups is 1. The molecule has 0 bridgehead atoms. The Morgan fingerprint density at radius 1 is 1.13 bits per heavy atom. The van der Waals surface area contributed by atoms with Crippen LogP contribution in [0.2, 0.25) is 0 Å². The van der Waals surface area contributed by atoms with E-state index in [4.69, 9.17) is 4.42 Å². The molecule has 0 saturated heterocycles. The van der Waals surface area contributed by atoms with E-state index in [-0.39, 0.29) is 16.6 Å². The molecule has 3 heterocycles. The van der Waals surface area contributed by atoms with Gasteiger partial charge in [-0.15, -0.1) is 11.3 Å². The summed E-state index contributed by atoms with van der Waals surface area (Å²) < 4.78 is 29.3. The van der Waals surface area contributed by atoms with Gasteiger partial charge in [-0.2, -0.15) is 0 Å². The molecule has 0 atom stereocenters. The topological polar surface area (TPSA) is 102 Å². The Morgan fingerprint density at radius 2 is 1.87 bits per heavy atom. The fourth-order valence-corrected chi connectivity index (χ4v) is 5.18. The third-order valence-corrected chi connectivity index (χ3v) is 7.71. The minimum absolute atomic E-state index is 0.0278. The van der Waals surface area contributed by atoms with Crippen molar-refractivity contribution in [2.75, 3.05) is 11.1 Å². The van der Waals surface area contributed by atoms with Gasteiger partial charge in [0.1, 0.15) is 4.83 Å². The van der Waals surface area contributed by atoms with Gasteiger partial charge in [-0.3, -0.25) is 4.79 Å². The Kier molecular flexibility index (Phi) is 5.17. The molecule has 0 spiro atoms. The zero-order valence-corrected chi connectivity index (χ0v) is 18.2. The summed E-state index contributed by atoms with van der Waals surface area (Å²) in [5, 5.41) is 3.68. The van der Waals surface area contributed by atoms with E-state index in [2.05, 4.69) is 15.3 Å². The van der Waals surface area contributed by atoms with Gasteiger partial charge in [0.2, 0.25) is 0 Å². The quantitative estimate of drug-likeness (QED) is 0.485. The number of thiophene rings is 1. The lowest BCUT2D eigenvalue weighted by molar-refractivity contribution is 0.103. The lowest BCUT2D eigenvalue weighted by Crippen LogP contribution is -2.11. The minimum atomic E-state index is -3.28. The molecule has 3 aromatic heterocycles. The van der Waals surface area contributed by atoms with Gasteiger partial charge < -0.3 is 9.73 Å². The van der Waals surface area contributed by atoms with Crippen LogP contribution in [-0.4, -0.2) is 30.0 Å². The van der Waals surface area contributed by atoms with Crippen LogP contribution in [0.1, 0.15) is 27.9 Å². The second kappa shape index (κ2) is 7.66. The molecule has 0 aliphatic rings. The maximum atomic E-state index is 12.9. The molecular weight excluding hydrogens is 422 g/mol. The van der Waals surface area contributed by atoms with E-state index < -0.39 is 9.84 Å². The van der Waals surface area contributed by atoms with E-state index in [1.807, 2.05) is 13.8 Å². The van der Waals surface area contributed by atoms with Gasteiger partial charge in [0.15, 0.2) is 21.4 Å². The van der Waals surface area contributed by atoms with E-state index >= 15 is 0 Å². The second-order valence-electron chi connectivity index (χ2n) is 6.73. The van der Waals surface area contributed by atoms with E-state index in [1.165, 1.54) is 23.5 Å². The molecule has 0 radical (unpaired) electrons. The van der Waals surface area contributed by atoms with Crippen molar-refractivity contribution in [3.05, 3.63) is 58.8 Å². The molecule has 0 fully saturated rings. The number of amides is 1. The van der Waals surface area contributed by atoms with Crippen LogP contribution in [0.5, 0.6) is 0 Å². The Balaban J connectivity index is 1.65. The molecule has 0 unspecified atom stereocenters. The van der Waals surface area contributed by atoms with Crippen molar-refractivity contribution in [1.29, 1.82) is 0 Å². The molecule has 1 N–H and O–H groups in total. The van der Waals surface area contributed by atoms with Crippen molar-refractivity contribution in [3.63, 3.8) is 0 Å². The average Bonchev–Trinajstić information content (AvgIpc) is 3.37. The summed E-state index contributed by atoms with van der Waals surface area (Å²) in [6.07, 6.45) is 1.56. The van der Waals surface area contributed by atoms with Gasteiger partial charge in [-0.25, -0.2) is 18.4 Å². The molecule has 30 heavy (non-hydrogen) atoms. The molecule has 9 heteroatoms. The fraction of sp³-hybridized carbons (Fsp3) is 0.190. The summed E-state index contributed by atoms with van der Waals surface area (Å²) in [4.78, 5) is 23.4. The van der Waals surface area contributed by atoms with Gasteiger partial charge in [-0.05, 0) is 55.8 Å². The normalized spacial score (nSPS) is 11.7. The second-order valence-corrected chi connectivity index (χ2v) is 10.0. The van der Waals surface area contributed by atoms with Gasteiger partial charge in [0, 0.05) is 11.1 Å². The molecule has 7 nitrogen and oxygen atoms in total. The Hall–Kier alpha value is -3.04. The Morgan fingerprint density at radius 3 is 2.50 bits per heavy atom. The van der Waals surface area contributed by atoms with Gasteiger partial charge in [-0.1, -0.05) is 6.92 Å². The van der Waals surface area contributed by atoms with Crippen LogP contribution >= 0.6 is 11.3 Å². The van der Waals surface area contributed by atoms with Crippen LogP contribution in [0.25, 0.3) is 21.8 Å². The Labute approximate surface area is 177 Å². The number of carbonyl (C=O) groups excluding carboxylic acids is 1. The highest BCUT2D eigenvalue weighted by Crippen LogP contribution is 2.33. The zero-order chi connectivity index (χ0) is 21.5. The third-order valence-electron chi connectivity index (χ3n) is 4.77. The van der Waals surface area contributed by atoms with Crippen molar-refractivity contribution in [1.82, 2.24) is 9.97 Å². The third kappa shape index (κ3) is 3.61. The number of hydrogen-bond acceptors (Lipinski definition) is 7. The van der Waals surface area contributed by atoms with Crippen LogP contribution in [0, 0.1) is 13.8 Å². The predicted octanol–water partition coefficient (Wildman–Crippen LogP) is 4.61. The first-order chi connectivity index (χ1) is 14.3. The summed E-state index contributed by atoms with van der Waals surface area (Å²) in [6.45, 7) is 5.34. The highest BCUT2D eigenvalue weighted by molar-refractivity contribution is 7.91. The van der Waals surface area contributed by atoms with Crippen molar-refractivity contribution in [2.45, 2.75) is 25.7 Å². The van der Waals surface area contributed by atoms with Crippen LogP contribution < -0.4 is 5.32 Å². The summed E-state index contributed by atoms with van der Waals surface area (Å²) in [6, 6.07) is 9.73. The number of aromatic nitrogens is 2. The van der Waals surface area contributed by atoms with Crippen LogP contribution in [0.3, 0.4) is 0 Å². The van der Waals surface area contributed by atoms with Gasteiger partial charge >= 0.3 is 0 Å². The maximum Gasteiger partial charge on any atom is 0.266 e. The molecule has 1 aromatic carbocycles. The molecule has 4 aromatic rings. The van der Waals surface area contributed by atoms with Crippen LogP contribution in [-0.2, 0) is 9.84 Å². The van der Waals surface area contributed by atoms with Gasteiger partial charge in [0.05, 0.1) is 27.5 Å². The first-order valence-electron chi connectivity index (χ1n) is 9.26. The maximum absolute atomic E-state index is 12.9. The first-order valence-corrected chi connectivity index (χ1v) is 11.7. The van der Waals surface area contributed by atoms with Crippen LogP contribution in [0.4, 0.5) is 5.69 Å². The smallest absolute Gasteiger partial charge is 0.266 e. The molecule has 0 saturated carbocycles. The number of hydrogen-bond donors (Lipinski definition) is 1. The standard InChI is InChI=1S/C21H19N3O4S2/c1-4-30(26,27)15-9-7-14(8-10-15)23-20(25)18-12(2)17-13(3)22-19(24-21(17)29-18)16-6-5-11-28-16/h5-11H,4H2,1-3H3,(H,23,25). The number of anilines is 1. The van der Waals surface area contributed by atoms with Crippen molar-refractivity contribution >= 4 is 43.0 Å². The summed E-state index contributed by atoms with van der Waals surface area (Å²) >= 11 is 1.29. The molecule has 0 aliphatic carbocycles. The molecular formula is C21H19N3O4S2. The Bertz CT molecular complexity index is 1340. The number of sulfone groups is 1. The highest BCUT2D eigenvalue weighted by atomic mass is 32.2. The summed E-state index contributed by atoms with van der Waals surface area (Å²) in [5.41, 5.74) is 2.10. The van der Waals surface area contributed by atoms with E-state index in [1.54, 1.807) is 37.5 Å². The number of benzene rings is 1. The van der Waals surface area contributed by atoms with Crippen molar-refractivity contribution < 1.29 is 17.6 Å². The fourth-order valence-electron chi connectivity index (χ4n) is 3.17. The zero-order valence-electron chi connectivity index (χ0n) is 16.6. The first kappa shape index (κ1) is 20.2. The number of aryl methyl sites for hydroxylation is 2. The number of nitrogens with zero attached hydrogens (tertiary/aromatic N) is 2. The number of fused-ring (bicyclic) bond motifs is 1. The molecule has 0 aliphatic heterocycles. The summed E-state index contributed by atoms with van der Waals surface area (Å²) in [7, 11) is -3.28. The van der Waals surface area contributed by atoms with Crippen molar-refractivity contribution in [2.24, 2.45) is 0 Å². The van der Waals surface area contributed by atoms with E-state index in [0.29, 0.717) is 27.0 Å². The lowest BCUT2D eigenvalue weighted by Gasteiger charge is -2.06. The largest absolute Gasteiger partial charge is 0.461 e. The molecule has 4 rings (SSSR count). The van der Waals surface area contributed by atoms with Crippen LogP contribution in [0.15, 0.2) is 52.0 Å².